The largest absolute Gasteiger partial charge is 0.333 e. The number of halogens is 1. The molecule has 0 aliphatic heterocycles. The third-order valence-electron chi connectivity index (χ3n) is 2.94. The van der Waals surface area contributed by atoms with Gasteiger partial charge in [-0.05, 0) is 40.0 Å². The van der Waals surface area contributed by atoms with E-state index in [0.717, 1.165) is 23.0 Å². The van der Waals surface area contributed by atoms with Crippen LogP contribution >= 0.6 is 15.9 Å². The predicted octanol–water partition coefficient (Wildman–Crippen LogP) is 3.90. The van der Waals surface area contributed by atoms with Crippen molar-refractivity contribution in [1.82, 2.24) is 9.88 Å². The van der Waals surface area contributed by atoms with Crippen LogP contribution in [0.15, 0.2) is 53.1 Å². The van der Waals surface area contributed by atoms with Gasteiger partial charge in [0.2, 0.25) is 0 Å². The zero-order chi connectivity index (χ0) is 14.4. The molecule has 0 unspecified atom stereocenters. The quantitative estimate of drug-likeness (QED) is 0.831. The van der Waals surface area contributed by atoms with E-state index in [4.69, 9.17) is 0 Å². The molecule has 2 rings (SSSR count). The Hall–Kier alpha value is -1.68. The third kappa shape index (κ3) is 3.90. The molecule has 2 aromatic rings. The van der Waals surface area contributed by atoms with Crippen molar-refractivity contribution in [3.05, 3.63) is 64.4 Å². The summed E-state index contributed by atoms with van der Waals surface area (Å²) < 4.78 is 0.874. The van der Waals surface area contributed by atoms with Crippen LogP contribution in [0.1, 0.15) is 29.4 Å². The number of benzene rings is 1. The molecule has 0 bridgehead atoms. The molecule has 0 N–H and O–H groups in total. The van der Waals surface area contributed by atoms with Crippen LogP contribution in [0.4, 0.5) is 0 Å². The number of hydrogen-bond donors (Lipinski definition) is 0. The summed E-state index contributed by atoms with van der Waals surface area (Å²) in [5, 5.41) is 0. The molecule has 0 saturated heterocycles. The zero-order valence-corrected chi connectivity index (χ0v) is 13.0. The SMILES string of the molecule is CCCN(Cc1ccccc1)C(=O)c1ccc(Br)cn1. The highest BCUT2D eigenvalue weighted by Crippen LogP contribution is 2.12. The summed E-state index contributed by atoms with van der Waals surface area (Å²) in [6.07, 6.45) is 2.58. The van der Waals surface area contributed by atoms with Crippen molar-refractivity contribution < 1.29 is 4.79 Å². The Morgan fingerprint density at radius 1 is 1.20 bits per heavy atom. The number of hydrogen-bond acceptors (Lipinski definition) is 2. The van der Waals surface area contributed by atoms with Crippen molar-refractivity contribution in [3.8, 4) is 0 Å². The first-order valence-electron chi connectivity index (χ1n) is 6.65. The van der Waals surface area contributed by atoms with Crippen LogP contribution in [0.2, 0.25) is 0 Å². The first-order valence-corrected chi connectivity index (χ1v) is 7.44. The van der Waals surface area contributed by atoms with E-state index in [0.29, 0.717) is 12.2 Å². The van der Waals surface area contributed by atoms with Crippen molar-refractivity contribution >= 4 is 21.8 Å². The lowest BCUT2D eigenvalue weighted by molar-refractivity contribution is 0.0737. The number of carbonyl (C=O) groups is 1. The molecule has 0 aliphatic rings. The molecule has 0 spiro atoms. The fourth-order valence-electron chi connectivity index (χ4n) is 1.99. The Morgan fingerprint density at radius 3 is 2.55 bits per heavy atom. The van der Waals surface area contributed by atoms with E-state index in [1.165, 1.54) is 0 Å². The van der Waals surface area contributed by atoms with Crippen LogP contribution < -0.4 is 0 Å². The molecular weight excluding hydrogens is 316 g/mol. The van der Waals surface area contributed by atoms with Gasteiger partial charge >= 0.3 is 0 Å². The Kier molecular flexibility index (Phi) is 5.30. The minimum absolute atomic E-state index is 0.0248. The van der Waals surface area contributed by atoms with Crippen LogP contribution in [-0.4, -0.2) is 22.3 Å². The maximum absolute atomic E-state index is 12.5. The van der Waals surface area contributed by atoms with E-state index in [9.17, 15) is 4.79 Å². The molecular formula is C16H17BrN2O. The Balaban J connectivity index is 2.15. The molecule has 1 aromatic carbocycles. The van der Waals surface area contributed by atoms with Crippen LogP contribution in [0, 0.1) is 0 Å². The minimum atomic E-state index is -0.0248. The second-order valence-corrected chi connectivity index (χ2v) is 5.49. The van der Waals surface area contributed by atoms with Crippen LogP contribution in [-0.2, 0) is 6.54 Å². The molecule has 1 amide bonds. The molecule has 104 valence electrons. The van der Waals surface area contributed by atoms with E-state index < -0.39 is 0 Å². The van der Waals surface area contributed by atoms with Crippen molar-refractivity contribution in [2.24, 2.45) is 0 Å². The third-order valence-corrected chi connectivity index (χ3v) is 3.41. The molecule has 1 heterocycles. The maximum Gasteiger partial charge on any atom is 0.272 e. The number of nitrogens with zero attached hydrogens (tertiary/aromatic N) is 2. The van der Waals surface area contributed by atoms with Gasteiger partial charge in [-0.3, -0.25) is 4.79 Å². The smallest absolute Gasteiger partial charge is 0.272 e. The molecule has 0 atom stereocenters. The van der Waals surface area contributed by atoms with Gasteiger partial charge in [0.15, 0.2) is 0 Å². The fourth-order valence-corrected chi connectivity index (χ4v) is 2.22. The van der Waals surface area contributed by atoms with Crippen molar-refractivity contribution in [2.75, 3.05) is 6.54 Å². The summed E-state index contributed by atoms with van der Waals surface area (Å²) in [7, 11) is 0. The number of amides is 1. The van der Waals surface area contributed by atoms with Crippen molar-refractivity contribution in [3.63, 3.8) is 0 Å². The van der Waals surface area contributed by atoms with E-state index >= 15 is 0 Å². The van der Waals surface area contributed by atoms with Gasteiger partial charge in [-0.2, -0.15) is 0 Å². The summed E-state index contributed by atoms with van der Waals surface area (Å²) in [6, 6.07) is 13.6. The zero-order valence-electron chi connectivity index (χ0n) is 11.4. The van der Waals surface area contributed by atoms with Gasteiger partial charge in [0.1, 0.15) is 5.69 Å². The summed E-state index contributed by atoms with van der Waals surface area (Å²) in [5.41, 5.74) is 1.61. The van der Waals surface area contributed by atoms with E-state index in [2.05, 4.69) is 27.8 Å². The minimum Gasteiger partial charge on any atom is -0.333 e. The topological polar surface area (TPSA) is 33.2 Å². The normalized spacial score (nSPS) is 10.3. The monoisotopic (exact) mass is 332 g/mol. The van der Waals surface area contributed by atoms with Gasteiger partial charge in [0.25, 0.3) is 5.91 Å². The Labute approximate surface area is 127 Å². The van der Waals surface area contributed by atoms with Gasteiger partial charge < -0.3 is 4.90 Å². The summed E-state index contributed by atoms with van der Waals surface area (Å²) >= 11 is 3.33. The highest BCUT2D eigenvalue weighted by Gasteiger charge is 2.16. The van der Waals surface area contributed by atoms with E-state index in [-0.39, 0.29) is 5.91 Å². The molecule has 20 heavy (non-hydrogen) atoms. The van der Waals surface area contributed by atoms with Gasteiger partial charge in [-0.15, -0.1) is 0 Å². The standard InChI is InChI=1S/C16H17BrN2O/c1-2-10-19(12-13-6-4-3-5-7-13)16(20)15-9-8-14(17)11-18-15/h3-9,11H,2,10,12H2,1H3. The first kappa shape index (κ1) is 14.7. The summed E-state index contributed by atoms with van der Waals surface area (Å²) in [4.78, 5) is 18.5. The first-order chi connectivity index (χ1) is 9.70. The van der Waals surface area contributed by atoms with Gasteiger partial charge in [-0.25, -0.2) is 4.98 Å². The molecule has 4 heteroatoms. The number of aromatic nitrogens is 1. The maximum atomic E-state index is 12.5. The molecule has 1 aromatic heterocycles. The lowest BCUT2D eigenvalue weighted by Gasteiger charge is -2.21. The molecule has 0 radical (unpaired) electrons. The lowest BCUT2D eigenvalue weighted by Crippen LogP contribution is -2.31. The lowest BCUT2D eigenvalue weighted by atomic mass is 10.2. The highest BCUT2D eigenvalue weighted by molar-refractivity contribution is 9.10. The van der Waals surface area contributed by atoms with Crippen molar-refractivity contribution in [2.45, 2.75) is 19.9 Å². The average Bonchev–Trinajstić information content (AvgIpc) is 2.48. The molecule has 0 aliphatic carbocycles. The van der Waals surface area contributed by atoms with Crippen LogP contribution in [0.3, 0.4) is 0 Å². The van der Waals surface area contributed by atoms with Gasteiger partial charge in [0.05, 0.1) is 0 Å². The Bertz CT molecular complexity index is 554. The Morgan fingerprint density at radius 2 is 1.95 bits per heavy atom. The average molecular weight is 333 g/mol. The molecule has 3 nitrogen and oxygen atoms in total. The second-order valence-electron chi connectivity index (χ2n) is 4.57. The number of carbonyl (C=O) groups excluding carboxylic acids is 1. The summed E-state index contributed by atoms with van der Waals surface area (Å²) in [6.45, 7) is 3.41. The van der Waals surface area contributed by atoms with E-state index in [1.807, 2.05) is 41.3 Å². The van der Waals surface area contributed by atoms with Crippen LogP contribution in [0.25, 0.3) is 0 Å². The number of pyridine rings is 1. The summed E-state index contributed by atoms with van der Waals surface area (Å²) in [5.74, 6) is -0.0248. The van der Waals surface area contributed by atoms with Gasteiger partial charge in [-0.1, -0.05) is 37.3 Å². The highest BCUT2D eigenvalue weighted by atomic mass is 79.9. The van der Waals surface area contributed by atoms with Crippen molar-refractivity contribution in [1.29, 1.82) is 0 Å². The fraction of sp³-hybridized carbons (Fsp3) is 0.250. The molecule has 0 saturated carbocycles. The number of rotatable bonds is 5. The predicted molar refractivity (Wildman–Crippen MR) is 83.4 cm³/mol. The molecule has 0 fully saturated rings. The van der Waals surface area contributed by atoms with E-state index in [1.54, 1.807) is 12.3 Å². The second kappa shape index (κ2) is 7.20. The van der Waals surface area contributed by atoms with Gasteiger partial charge in [0, 0.05) is 23.8 Å². The van der Waals surface area contributed by atoms with Crippen LogP contribution in [0.5, 0.6) is 0 Å².